The molecule has 0 fully saturated rings. The van der Waals surface area contributed by atoms with Crippen LogP contribution >= 0.6 is 15.9 Å². The van der Waals surface area contributed by atoms with E-state index in [9.17, 15) is 4.79 Å². The molecule has 0 unspecified atom stereocenters. The fourth-order valence-electron chi connectivity index (χ4n) is 0.491. The molecule has 1 N–H and O–H groups in total. The number of pyridine rings is 1. The quantitative estimate of drug-likeness (QED) is 0.774. The summed E-state index contributed by atoms with van der Waals surface area (Å²) in [6.07, 6.45) is -0.962. The minimum atomic E-state index is -2.70. The first-order valence-electron chi connectivity index (χ1n) is 5.59. The minimum Gasteiger partial charge on any atom is -0.355 e. The lowest BCUT2D eigenvalue weighted by Crippen LogP contribution is -2.18. The lowest BCUT2D eigenvalue weighted by atomic mass is 10.2. The summed E-state index contributed by atoms with van der Waals surface area (Å²) < 4.78 is 42.6. The van der Waals surface area contributed by atoms with Crippen molar-refractivity contribution in [3.8, 4) is 0 Å². The highest BCUT2D eigenvalue weighted by molar-refractivity contribution is 9.10. The van der Waals surface area contributed by atoms with E-state index in [1.165, 1.54) is 0 Å². The highest BCUT2D eigenvalue weighted by Gasteiger charge is 2.05. The maximum Gasteiger partial charge on any atom is 0.252 e. The van der Waals surface area contributed by atoms with Crippen LogP contribution in [0.15, 0.2) is 22.9 Å². The zero-order chi connectivity index (χ0) is 13.4. The molecule has 1 amide bonds. The van der Waals surface area contributed by atoms with Crippen LogP contribution in [0.1, 0.15) is 18.6 Å². The first kappa shape index (κ1) is 3.23. The van der Waals surface area contributed by atoms with E-state index in [0.717, 1.165) is 0 Å². The largest absolute Gasteiger partial charge is 0.355 e. The van der Waals surface area contributed by atoms with Crippen molar-refractivity contribution in [2.24, 2.45) is 0 Å². The molecule has 1 rings (SSSR count). The Morgan fingerprint density at radius 2 is 2.82 bits per heavy atom. The summed E-state index contributed by atoms with van der Waals surface area (Å²) in [5.41, 5.74) is -0.383. The maximum absolute atomic E-state index is 11.6. The molecule has 0 spiro atoms. The van der Waals surface area contributed by atoms with Crippen molar-refractivity contribution in [1.82, 2.24) is 10.3 Å². The predicted octanol–water partition coefficient (Wildman–Crippen LogP) is 1.20. The molecule has 0 bridgehead atoms. The number of hydrogen-bond acceptors (Lipinski definition) is 2. The zero-order valence-electron chi connectivity index (χ0n) is 11.2. The molecule has 1 aromatic heterocycles. The first-order valence-corrected chi connectivity index (χ1v) is 3.38. The van der Waals surface area contributed by atoms with Gasteiger partial charge in [-0.25, -0.2) is 0 Å². The van der Waals surface area contributed by atoms with E-state index in [0.29, 0.717) is 0 Å². The molecule has 0 aliphatic carbocycles. The summed E-state index contributed by atoms with van der Waals surface area (Å²) in [6, 6.07) is -0.533. The van der Waals surface area contributed by atoms with Gasteiger partial charge in [-0.3, -0.25) is 9.78 Å². The summed E-state index contributed by atoms with van der Waals surface area (Å²) in [5, 5.41) is 1.69. The summed E-state index contributed by atoms with van der Waals surface area (Å²) in [4.78, 5) is 15.0. The lowest BCUT2D eigenvalue weighted by Gasteiger charge is -1.99. The van der Waals surface area contributed by atoms with Crippen LogP contribution in [0.4, 0.5) is 0 Å². The van der Waals surface area contributed by atoms with Gasteiger partial charge in [-0.05, 0) is 22.0 Å². The van der Waals surface area contributed by atoms with E-state index in [1.807, 2.05) is 0 Å². The average Bonchev–Trinajstić information content (AvgIpc) is 2.12. The van der Waals surface area contributed by atoms with Gasteiger partial charge in [0.25, 0.3) is 5.91 Å². The summed E-state index contributed by atoms with van der Waals surface area (Å²) in [6.45, 7) is -2.70. The number of hydrogen-bond donors (Lipinski definition) is 1. The van der Waals surface area contributed by atoms with E-state index in [2.05, 4.69) is 20.9 Å². The van der Waals surface area contributed by atoms with Gasteiger partial charge in [-0.15, -0.1) is 0 Å². The summed E-state index contributed by atoms with van der Waals surface area (Å²) >= 11 is 2.88. The SMILES string of the molecule is [2H]c1nc([2H])c(Br)c(C(=O)NC([2H])([2H])[2H])c1[2H]. The van der Waals surface area contributed by atoms with Crippen molar-refractivity contribution >= 4 is 21.8 Å². The molecule has 0 aliphatic heterocycles. The molecule has 58 valence electrons. The second kappa shape index (κ2) is 3.48. The number of nitrogens with zero attached hydrogens (tertiary/aromatic N) is 1. The smallest absolute Gasteiger partial charge is 0.252 e. The van der Waals surface area contributed by atoms with E-state index < -0.39 is 31.3 Å². The van der Waals surface area contributed by atoms with Crippen LogP contribution in [0.25, 0.3) is 0 Å². The Labute approximate surface area is 81.4 Å². The van der Waals surface area contributed by atoms with E-state index in [1.54, 1.807) is 5.32 Å². The third-order valence-corrected chi connectivity index (χ3v) is 1.52. The molecular weight excluding hydrogens is 208 g/mol. The molecule has 0 radical (unpaired) electrons. The van der Waals surface area contributed by atoms with Crippen LogP contribution in [0.3, 0.4) is 0 Å². The number of rotatable bonds is 1. The molecule has 1 heterocycles. The molecule has 0 aromatic carbocycles. The van der Waals surface area contributed by atoms with Crippen molar-refractivity contribution < 1.29 is 13.0 Å². The molecule has 11 heavy (non-hydrogen) atoms. The highest BCUT2D eigenvalue weighted by atomic mass is 79.9. The second-order valence-electron chi connectivity index (χ2n) is 1.60. The molecule has 3 nitrogen and oxygen atoms in total. The Balaban J connectivity index is 3.27. The first-order chi connectivity index (χ1) is 7.63. The minimum absolute atomic E-state index is 0.111. The number of nitrogens with one attached hydrogen (secondary N) is 1. The molecule has 0 saturated heterocycles. The zero-order valence-corrected chi connectivity index (χ0v) is 6.82. The van der Waals surface area contributed by atoms with Crippen molar-refractivity contribution in [2.45, 2.75) is 0 Å². The maximum atomic E-state index is 11.6. The van der Waals surface area contributed by atoms with Gasteiger partial charge in [0, 0.05) is 27.9 Å². The number of carbonyl (C=O) groups is 1. The van der Waals surface area contributed by atoms with Crippen molar-refractivity contribution in [3.63, 3.8) is 0 Å². The fourth-order valence-corrected chi connectivity index (χ4v) is 0.858. The average molecular weight is 221 g/mol. The lowest BCUT2D eigenvalue weighted by molar-refractivity contribution is 0.0962. The normalized spacial score (nSPS) is 18.3. The van der Waals surface area contributed by atoms with Crippen LogP contribution in [0.5, 0.6) is 0 Å². The number of halogens is 1. The fraction of sp³-hybridized carbons (Fsp3) is 0.143. The Bertz CT molecular complexity index is 448. The molecule has 0 saturated carbocycles. The third-order valence-electron chi connectivity index (χ3n) is 0.951. The predicted molar refractivity (Wildman–Crippen MR) is 45.3 cm³/mol. The van der Waals surface area contributed by atoms with Crippen LogP contribution < -0.4 is 5.32 Å². The Morgan fingerprint density at radius 3 is 3.55 bits per heavy atom. The van der Waals surface area contributed by atoms with Gasteiger partial charge in [-0.1, -0.05) is 0 Å². The Morgan fingerprint density at radius 1 is 2.00 bits per heavy atom. The van der Waals surface area contributed by atoms with Gasteiger partial charge in [0.15, 0.2) is 0 Å². The summed E-state index contributed by atoms with van der Waals surface area (Å²) in [5.74, 6) is -1.05. The van der Waals surface area contributed by atoms with Crippen LogP contribution in [0.2, 0.25) is 0 Å². The monoisotopic (exact) mass is 220 g/mol. The number of carbonyl (C=O) groups excluding carboxylic acids is 1. The summed E-state index contributed by atoms with van der Waals surface area (Å²) in [7, 11) is 0. The molecule has 4 heteroatoms. The standard InChI is InChI=1S/C7H7BrN2O/c1-9-7(11)5-2-3-10-4-6(5)8/h2-4H,1H3,(H,9,11)/i1D3,2D,3D,4D. The van der Waals surface area contributed by atoms with Gasteiger partial charge in [-0.2, -0.15) is 0 Å². The number of aromatic nitrogens is 1. The van der Waals surface area contributed by atoms with Gasteiger partial charge in [0.05, 0.1) is 9.68 Å². The molecule has 0 atom stereocenters. The van der Waals surface area contributed by atoms with Crippen molar-refractivity contribution in [1.29, 1.82) is 0 Å². The highest BCUT2D eigenvalue weighted by Crippen LogP contribution is 2.13. The van der Waals surface area contributed by atoms with Crippen molar-refractivity contribution in [3.05, 3.63) is 28.4 Å². The second-order valence-corrected chi connectivity index (χ2v) is 2.40. The van der Waals surface area contributed by atoms with E-state index >= 15 is 0 Å². The van der Waals surface area contributed by atoms with E-state index in [-0.39, 0.29) is 10.0 Å². The van der Waals surface area contributed by atoms with Gasteiger partial charge in [0.2, 0.25) is 0 Å². The molecule has 0 aliphatic rings. The van der Waals surface area contributed by atoms with Crippen LogP contribution in [0, 0.1) is 0 Å². The van der Waals surface area contributed by atoms with Gasteiger partial charge < -0.3 is 5.32 Å². The van der Waals surface area contributed by atoms with Crippen LogP contribution in [-0.4, -0.2) is 17.9 Å². The Hall–Kier alpha value is -0.900. The van der Waals surface area contributed by atoms with E-state index in [4.69, 9.17) is 8.22 Å². The molecule has 1 aromatic rings. The Kier molecular flexibility index (Phi) is 1.02. The third kappa shape index (κ3) is 1.77. The number of amides is 1. The van der Waals surface area contributed by atoms with Gasteiger partial charge in [0.1, 0.15) is 0 Å². The molecular formula is C7H7BrN2O. The van der Waals surface area contributed by atoms with Crippen molar-refractivity contribution in [2.75, 3.05) is 6.98 Å². The van der Waals surface area contributed by atoms with Gasteiger partial charge >= 0.3 is 0 Å². The van der Waals surface area contributed by atoms with Crippen LogP contribution in [-0.2, 0) is 0 Å². The topological polar surface area (TPSA) is 42.0 Å².